The van der Waals surface area contributed by atoms with E-state index in [9.17, 15) is 4.79 Å². The van der Waals surface area contributed by atoms with Crippen molar-refractivity contribution in [3.8, 4) is 0 Å². The fourth-order valence-electron chi connectivity index (χ4n) is 2.67. The van der Waals surface area contributed by atoms with Gasteiger partial charge in [-0.3, -0.25) is 4.79 Å². The first-order chi connectivity index (χ1) is 9.80. The van der Waals surface area contributed by atoms with E-state index in [0.717, 1.165) is 19.3 Å². The summed E-state index contributed by atoms with van der Waals surface area (Å²) in [4.78, 5) is 13.1. The van der Waals surface area contributed by atoms with Crippen LogP contribution in [-0.2, 0) is 4.79 Å². The second-order valence-electron chi connectivity index (χ2n) is 6.52. The van der Waals surface area contributed by atoms with Crippen LogP contribution in [0, 0.1) is 13.8 Å². The van der Waals surface area contributed by atoms with Crippen LogP contribution in [0.25, 0.3) is 0 Å². The number of primary amides is 1. The molecule has 1 saturated carbocycles. The van der Waals surface area contributed by atoms with E-state index in [0.29, 0.717) is 11.3 Å². The highest BCUT2D eigenvalue weighted by Gasteiger charge is 2.38. The molecule has 1 aliphatic rings. The number of carbonyl (C=O) groups is 1. The fraction of sp³-hybridized carbons (Fsp3) is 0.588. The van der Waals surface area contributed by atoms with Gasteiger partial charge in [0, 0.05) is 16.2 Å². The molecule has 1 amide bonds. The first-order valence-electron chi connectivity index (χ1n) is 7.61. The Hall–Kier alpha value is -1.00. The molecule has 0 saturated heterocycles. The molecule has 21 heavy (non-hydrogen) atoms. The lowest BCUT2D eigenvalue weighted by Crippen LogP contribution is -2.55. The lowest BCUT2D eigenvalue weighted by Gasteiger charge is -2.30. The van der Waals surface area contributed by atoms with Crippen LogP contribution in [-0.4, -0.2) is 22.7 Å². The van der Waals surface area contributed by atoms with E-state index in [-0.39, 0.29) is 5.91 Å². The summed E-state index contributed by atoms with van der Waals surface area (Å²) in [6, 6.07) is 6.98. The van der Waals surface area contributed by atoms with E-state index in [1.807, 2.05) is 18.7 Å². The van der Waals surface area contributed by atoms with Crippen molar-refractivity contribution in [3.05, 3.63) is 29.3 Å². The zero-order chi connectivity index (χ0) is 15.6. The van der Waals surface area contributed by atoms with Gasteiger partial charge in [-0.15, -0.1) is 11.8 Å². The second kappa shape index (κ2) is 6.41. The molecule has 116 valence electrons. The molecule has 1 aromatic rings. The Kier molecular flexibility index (Phi) is 4.99. The van der Waals surface area contributed by atoms with Crippen LogP contribution in [0.5, 0.6) is 0 Å². The number of hydrogen-bond acceptors (Lipinski definition) is 3. The van der Waals surface area contributed by atoms with Gasteiger partial charge < -0.3 is 11.1 Å². The van der Waals surface area contributed by atoms with Crippen molar-refractivity contribution in [1.29, 1.82) is 0 Å². The van der Waals surface area contributed by atoms with Crippen molar-refractivity contribution < 1.29 is 4.79 Å². The minimum Gasteiger partial charge on any atom is -0.368 e. The minimum absolute atomic E-state index is 0.248. The summed E-state index contributed by atoms with van der Waals surface area (Å²) >= 11 is 1.82. The van der Waals surface area contributed by atoms with Crippen LogP contribution >= 0.6 is 11.8 Å². The van der Waals surface area contributed by atoms with E-state index in [4.69, 9.17) is 5.73 Å². The summed E-state index contributed by atoms with van der Waals surface area (Å²) in [6.07, 6.45) is 3.06. The van der Waals surface area contributed by atoms with Crippen LogP contribution in [0.3, 0.4) is 0 Å². The van der Waals surface area contributed by atoms with E-state index < -0.39 is 5.54 Å². The molecule has 2 atom stereocenters. The molecule has 3 nitrogen and oxygen atoms in total. The molecule has 0 aromatic heterocycles. The molecular weight excluding hydrogens is 280 g/mol. The third kappa shape index (κ3) is 4.48. The van der Waals surface area contributed by atoms with Crippen molar-refractivity contribution in [1.82, 2.24) is 5.32 Å². The number of rotatable bonds is 7. The average molecular weight is 306 g/mol. The highest BCUT2D eigenvalue weighted by atomic mass is 32.2. The smallest absolute Gasteiger partial charge is 0.237 e. The van der Waals surface area contributed by atoms with Gasteiger partial charge in [-0.05, 0) is 51.7 Å². The van der Waals surface area contributed by atoms with Crippen LogP contribution in [0.4, 0.5) is 0 Å². The predicted molar refractivity (Wildman–Crippen MR) is 89.6 cm³/mol. The van der Waals surface area contributed by atoms with Crippen molar-refractivity contribution >= 4 is 17.7 Å². The normalized spacial score (nSPS) is 19.0. The molecule has 1 aliphatic carbocycles. The summed E-state index contributed by atoms with van der Waals surface area (Å²) in [5.41, 5.74) is 7.60. The fourth-order valence-corrected chi connectivity index (χ4v) is 3.92. The quantitative estimate of drug-likeness (QED) is 0.761. The lowest BCUT2D eigenvalue weighted by molar-refractivity contribution is -0.124. The van der Waals surface area contributed by atoms with E-state index in [1.165, 1.54) is 16.0 Å². The van der Waals surface area contributed by atoms with Gasteiger partial charge in [-0.25, -0.2) is 0 Å². The number of aryl methyl sites for hydroxylation is 2. The molecule has 0 radical (unpaired) electrons. The van der Waals surface area contributed by atoms with E-state index in [2.05, 4.69) is 44.3 Å². The maximum absolute atomic E-state index is 11.8. The SMILES string of the molecule is Cc1ccc(SC(C)CC(C)(NC2CC2)C(N)=O)c(C)c1. The zero-order valence-electron chi connectivity index (χ0n) is 13.4. The number of nitrogens with one attached hydrogen (secondary N) is 1. The number of thioether (sulfide) groups is 1. The summed E-state index contributed by atoms with van der Waals surface area (Å²) in [5, 5.41) is 3.75. The van der Waals surface area contributed by atoms with Gasteiger partial charge in [0.05, 0.1) is 5.54 Å². The van der Waals surface area contributed by atoms with Crippen LogP contribution < -0.4 is 11.1 Å². The van der Waals surface area contributed by atoms with Crippen LogP contribution in [0.15, 0.2) is 23.1 Å². The Labute approximate surface area is 132 Å². The number of carbonyl (C=O) groups excluding carboxylic acids is 1. The zero-order valence-corrected chi connectivity index (χ0v) is 14.2. The Morgan fingerprint density at radius 2 is 2.14 bits per heavy atom. The van der Waals surface area contributed by atoms with E-state index >= 15 is 0 Å². The maximum Gasteiger partial charge on any atom is 0.237 e. The molecule has 0 heterocycles. The maximum atomic E-state index is 11.8. The van der Waals surface area contributed by atoms with Gasteiger partial charge in [0.2, 0.25) is 5.91 Å². The molecule has 3 N–H and O–H groups in total. The average Bonchev–Trinajstić information content (AvgIpc) is 3.16. The third-order valence-electron chi connectivity index (χ3n) is 4.00. The second-order valence-corrected chi connectivity index (χ2v) is 8.00. The van der Waals surface area contributed by atoms with Gasteiger partial charge in [0.1, 0.15) is 0 Å². The molecule has 1 fully saturated rings. The first-order valence-corrected chi connectivity index (χ1v) is 8.49. The Morgan fingerprint density at radius 1 is 1.48 bits per heavy atom. The van der Waals surface area contributed by atoms with Crippen molar-refractivity contribution in [3.63, 3.8) is 0 Å². The monoisotopic (exact) mass is 306 g/mol. The first kappa shape index (κ1) is 16.4. The molecule has 2 unspecified atom stereocenters. The molecular formula is C17H26N2OS. The standard InChI is InChI=1S/C17H26N2OS/c1-11-5-8-15(12(2)9-11)21-13(3)10-17(4,16(18)20)19-14-6-7-14/h5,8-9,13-14,19H,6-7,10H2,1-4H3,(H2,18,20). The summed E-state index contributed by atoms with van der Waals surface area (Å²) in [7, 11) is 0. The summed E-state index contributed by atoms with van der Waals surface area (Å²) in [6.45, 7) is 8.35. The number of nitrogens with two attached hydrogens (primary N) is 1. The highest BCUT2D eigenvalue weighted by molar-refractivity contribution is 8.00. The van der Waals surface area contributed by atoms with Crippen LogP contribution in [0.2, 0.25) is 0 Å². The molecule has 2 rings (SSSR count). The van der Waals surface area contributed by atoms with E-state index in [1.54, 1.807) is 0 Å². The number of benzene rings is 1. The topological polar surface area (TPSA) is 55.1 Å². The Bertz CT molecular complexity index is 528. The van der Waals surface area contributed by atoms with Gasteiger partial charge in [-0.2, -0.15) is 0 Å². The largest absolute Gasteiger partial charge is 0.368 e. The van der Waals surface area contributed by atoms with Gasteiger partial charge >= 0.3 is 0 Å². The van der Waals surface area contributed by atoms with Gasteiger partial charge in [0.25, 0.3) is 0 Å². The third-order valence-corrected chi connectivity index (χ3v) is 5.28. The van der Waals surface area contributed by atoms with Gasteiger partial charge in [-0.1, -0.05) is 24.6 Å². The molecule has 0 aliphatic heterocycles. The summed E-state index contributed by atoms with van der Waals surface area (Å²) in [5.74, 6) is -0.248. The number of amides is 1. The Morgan fingerprint density at radius 3 is 2.67 bits per heavy atom. The molecule has 1 aromatic carbocycles. The van der Waals surface area contributed by atoms with Crippen LogP contribution in [0.1, 0.15) is 44.2 Å². The van der Waals surface area contributed by atoms with Crippen molar-refractivity contribution in [2.45, 2.75) is 68.7 Å². The predicted octanol–water partition coefficient (Wildman–Crippen LogP) is 3.17. The minimum atomic E-state index is -0.605. The van der Waals surface area contributed by atoms with Crippen molar-refractivity contribution in [2.24, 2.45) is 5.73 Å². The Balaban J connectivity index is 2.01. The molecule has 0 bridgehead atoms. The van der Waals surface area contributed by atoms with Gasteiger partial charge in [0.15, 0.2) is 0 Å². The lowest BCUT2D eigenvalue weighted by atomic mass is 9.95. The number of hydrogen-bond donors (Lipinski definition) is 2. The van der Waals surface area contributed by atoms with Crippen molar-refractivity contribution in [2.75, 3.05) is 0 Å². The molecule has 0 spiro atoms. The highest BCUT2D eigenvalue weighted by Crippen LogP contribution is 2.33. The molecule has 4 heteroatoms. The summed E-state index contributed by atoms with van der Waals surface area (Å²) < 4.78 is 0.